The molecular weight excluding hydrogens is 272 g/mol. The predicted octanol–water partition coefficient (Wildman–Crippen LogP) is 2.66. The van der Waals surface area contributed by atoms with Crippen LogP contribution in [-0.2, 0) is 13.0 Å². The van der Waals surface area contributed by atoms with E-state index in [0.717, 1.165) is 28.4 Å². The van der Waals surface area contributed by atoms with Crippen molar-refractivity contribution in [1.82, 2.24) is 9.88 Å². The van der Waals surface area contributed by atoms with E-state index in [1.807, 2.05) is 30.5 Å². The maximum Gasteiger partial charge on any atom is 0.253 e. The van der Waals surface area contributed by atoms with Crippen LogP contribution in [0, 0.1) is 6.92 Å². The van der Waals surface area contributed by atoms with Gasteiger partial charge in [0.15, 0.2) is 0 Å². The maximum atomic E-state index is 12.4. The van der Waals surface area contributed by atoms with E-state index in [2.05, 4.69) is 4.98 Å². The van der Waals surface area contributed by atoms with Gasteiger partial charge in [-0.25, -0.2) is 4.98 Å². The fraction of sp³-hybridized carbons (Fsp3) is 0.333. The van der Waals surface area contributed by atoms with Crippen LogP contribution < -0.4 is 4.74 Å². The van der Waals surface area contributed by atoms with Gasteiger partial charge in [0.25, 0.3) is 5.91 Å². The standard InChI is InChI=1S/C15H16N2O2S/c1-10-16-13(9-20-10)8-17(2)15(18)12-3-4-14-11(7-12)5-6-19-14/h3-4,7,9H,5-6,8H2,1-2H3. The Balaban J connectivity index is 1.74. The van der Waals surface area contributed by atoms with Gasteiger partial charge in [-0.05, 0) is 30.7 Å². The minimum Gasteiger partial charge on any atom is -0.493 e. The van der Waals surface area contributed by atoms with Crippen LogP contribution in [0.15, 0.2) is 23.6 Å². The van der Waals surface area contributed by atoms with Crippen LogP contribution in [0.2, 0.25) is 0 Å². The summed E-state index contributed by atoms with van der Waals surface area (Å²) >= 11 is 1.60. The minimum absolute atomic E-state index is 0.0188. The fourth-order valence-corrected chi connectivity index (χ4v) is 2.94. The molecule has 20 heavy (non-hydrogen) atoms. The van der Waals surface area contributed by atoms with E-state index >= 15 is 0 Å². The molecule has 2 aromatic rings. The zero-order valence-corrected chi connectivity index (χ0v) is 12.4. The molecule has 1 aliphatic rings. The Labute approximate surface area is 122 Å². The van der Waals surface area contributed by atoms with Gasteiger partial charge in [-0.1, -0.05) is 0 Å². The Bertz CT molecular complexity index is 651. The Kier molecular flexibility index (Phi) is 3.44. The second-order valence-corrected chi connectivity index (χ2v) is 6.00. The largest absolute Gasteiger partial charge is 0.493 e. The number of fused-ring (bicyclic) bond motifs is 1. The number of hydrogen-bond donors (Lipinski definition) is 0. The van der Waals surface area contributed by atoms with Crippen LogP contribution in [0.3, 0.4) is 0 Å². The third-order valence-electron chi connectivity index (χ3n) is 3.35. The summed E-state index contributed by atoms with van der Waals surface area (Å²) in [4.78, 5) is 18.5. The van der Waals surface area contributed by atoms with Gasteiger partial charge < -0.3 is 9.64 Å². The summed E-state index contributed by atoms with van der Waals surface area (Å²) in [6.45, 7) is 3.22. The van der Waals surface area contributed by atoms with Gasteiger partial charge in [-0.15, -0.1) is 11.3 Å². The lowest BCUT2D eigenvalue weighted by Gasteiger charge is -2.16. The molecular formula is C15H16N2O2S. The molecule has 0 bridgehead atoms. The summed E-state index contributed by atoms with van der Waals surface area (Å²) in [5.41, 5.74) is 2.77. The van der Waals surface area contributed by atoms with Crippen molar-refractivity contribution in [2.24, 2.45) is 0 Å². The third kappa shape index (κ3) is 2.54. The Morgan fingerprint density at radius 1 is 1.50 bits per heavy atom. The number of rotatable bonds is 3. The minimum atomic E-state index is 0.0188. The number of ether oxygens (including phenoxy) is 1. The highest BCUT2D eigenvalue weighted by Crippen LogP contribution is 2.26. The highest BCUT2D eigenvalue weighted by Gasteiger charge is 2.17. The van der Waals surface area contributed by atoms with Gasteiger partial charge in [0.05, 0.1) is 23.9 Å². The summed E-state index contributed by atoms with van der Waals surface area (Å²) in [5, 5.41) is 3.02. The van der Waals surface area contributed by atoms with E-state index in [9.17, 15) is 4.79 Å². The number of nitrogens with zero attached hydrogens (tertiary/aromatic N) is 2. The molecule has 0 saturated carbocycles. The molecule has 1 aromatic heterocycles. The molecule has 1 aromatic carbocycles. The quantitative estimate of drug-likeness (QED) is 0.872. The van der Waals surface area contributed by atoms with Gasteiger partial charge in [-0.2, -0.15) is 0 Å². The normalized spacial score (nSPS) is 12.9. The Morgan fingerprint density at radius 2 is 2.35 bits per heavy atom. The van der Waals surface area contributed by atoms with E-state index in [-0.39, 0.29) is 5.91 Å². The molecule has 2 heterocycles. The second-order valence-electron chi connectivity index (χ2n) is 4.94. The van der Waals surface area contributed by atoms with Crippen molar-refractivity contribution < 1.29 is 9.53 Å². The predicted molar refractivity (Wildman–Crippen MR) is 78.3 cm³/mol. The first kappa shape index (κ1) is 13.1. The molecule has 0 saturated heterocycles. The fourth-order valence-electron chi connectivity index (χ4n) is 2.34. The number of thiazole rings is 1. The van der Waals surface area contributed by atoms with Gasteiger partial charge in [-0.3, -0.25) is 4.79 Å². The number of carbonyl (C=O) groups is 1. The van der Waals surface area contributed by atoms with Crippen molar-refractivity contribution in [3.05, 3.63) is 45.4 Å². The van der Waals surface area contributed by atoms with Crippen LogP contribution >= 0.6 is 11.3 Å². The topological polar surface area (TPSA) is 42.4 Å². The summed E-state index contributed by atoms with van der Waals surface area (Å²) in [7, 11) is 1.81. The molecule has 0 atom stereocenters. The number of amides is 1. The van der Waals surface area contributed by atoms with E-state index in [1.165, 1.54) is 0 Å². The molecule has 0 fully saturated rings. The van der Waals surface area contributed by atoms with E-state index < -0.39 is 0 Å². The number of benzene rings is 1. The SMILES string of the molecule is Cc1nc(CN(C)C(=O)c2ccc3c(c2)CCO3)cs1. The molecule has 0 radical (unpaired) electrons. The lowest BCUT2D eigenvalue weighted by atomic mass is 10.1. The van der Waals surface area contributed by atoms with Crippen molar-refractivity contribution in [3.8, 4) is 5.75 Å². The Morgan fingerprint density at radius 3 is 3.10 bits per heavy atom. The van der Waals surface area contributed by atoms with Crippen molar-refractivity contribution in [3.63, 3.8) is 0 Å². The van der Waals surface area contributed by atoms with Crippen molar-refractivity contribution >= 4 is 17.2 Å². The average molecular weight is 288 g/mol. The lowest BCUT2D eigenvalue weighted by molar-refractivity contribution is 0.0783. The highest BCUT2D eigenvalue weighted by atomic mass is 32.1. The molecule has 104 valence electrons. The lowest BCUT2D eigenvalue weighted by Crippen LogP contribution is -2.26. The number of hydrogen-bond acceptors (Lipinski definition) is 4. The first-order valence-corrected chi connectivity index (χ1v) is 7.43. The van der Waals surface area contributed by atoms with Crippen molar-refractivity contribution in [1.29, 1.82) is 0 Å². The van der Waals surface area contributed by atoms with E-state index in [0.29, 0.717) is 18.7 Å². The zero-order chi connectivity index (χ0) is 14.1. The summed E-state index contributed by atoms with van der Waals surface area (Å²) in [6.07, 6.45) is 0.880. The van der Waals surface area contributed by atoms with Crippen molar-refractivity contribution in [2.75, 3.05) is 13.7 Å². The van der Waals surface area contributed by atoms with Crippen molar-refractivity contribution in [2.45, 2.75) is 19.9 Å². The maximum absolute atomic E-state index is 12.4. The number of carbonyl (C=O) groups excluding carboxylic acids is 1. The third-order valence-corrected chi connectivity index (χ3v) is 4.17. The first-order chi connectivity index (χ1) is 9.63. The first-order valence-electron chi connectivity index (χ1n) is 6.55. The van der Waals surface area contributed by atoms with Crippen LogP contribution in [0.4, 0.5) is 0 Å². The van der Waals surface area contributed by atoms with Crippen LogP contribution in [-0.4, -0.2) is 29.4 Å². The van der Waals surface area contributed by atoms with Gasteiger partial charge in [0.2, 0.25) is 0 Å². The molecule has 0 aliphatic carbocycles. The molecule has 1 aliphatic heterocycles. The van der Waals surface area contributed by atoms with E-state index in [4.69, 9.17) is 4.74 Å². The molecule has 0 unspecified atom stereocenters. The number of aryl methyl sites for hydroxylation is 1. The second kappa shape index (κ2) is 5.25. The smallest absolute Gasteiger partial charge is 0.253 e. The summed E-state index contributed by atoms with van der Waals surface area (Å²) in [6, 6.07) is 5.65. The Hall–Kier alpha value is -1.88. The average Bonchev–Trinajstić information content (AvgIpc) is 3.05. The van der Waals surface area contributed by atoms with Gasteiger partial charge in [0, 0.05) is 24.4 Å². The van der Waals surface area contributed by atoms with Crippen LogP contribution in [0.5, 0.6) is 5.75 Å². The summed E-state index contributed by atoms with van der Waals surface area (Å²) < 4.78 is 5.46. The van der Waals surface area contributed by atoms with E-state index in [1.54, 1.807) is 23.3 Å². The van der Waals surface area contributed by atoms with Crippen LogP contribution in [0.1, 0.15) is 26.6 Å². The molecule has 0 N–H and O–H groups in total. The number of aromatic nitrogens is 1. The van der Waals surface area contributed by atoms with Gasteiger partial charge >= 0.3 is 0 Å². The molecule has 4 nitrogen and oxygen atoms in total. The van der Waals surface area contributed by atoms with Gasteiger partial charge in [0.1, 0.15) is 5.75 Å². The molecule has 3 rings (SSSR count). The molecule has 5 heteroatoms. The summed E-state index contributed by atoms with van der Waals surface area (Å²) in [5.74, 6) is 0.921. The molecule has 1 amide bonds. The molecule has 0 spiro atoms. The van der Waals surface area contributed by atoms with Crippen LogP contribution in [0.25, 0.3) is 0 Å². The highest BCUT2D eigenvalue weighted by molar-refractivity contribution is 7.09. The zero-order valence-electron chi connectivity index (χ0n) is 11.5. The monoisotopic (exact) mass is 288 g/mol.